The Balaban J connectivity index is 2.44. The van der Waals surface area contributed by atoms with Crippen LogP contribution in [0.1, 0.15) is 26.7 Å². The van der Waals surface area contributed by atoms with Crippen LogP contribution in [0.25, 0.3) is 0 Å². The zero-order valence-corrected chi connectivity index (χ0v) is 8.47. The number of hydrogen-bond donors (Lipinski definition) is 1. The molecule has 1 aliphatic heterocycles. The van der Waals surface area contributed by atoms with Crippen molar-refractivity contribution in [1.29, 1.82) is 5.26 Å². The minimum absolute atomic E-state index is 0.317. The van der Waals surface area contributed by atoms with Gasteiger partial charge in [0.25, 0.3) is 0 Å². The topological polar surface area (TPSA) is 45.0 Å². The molecule has 3 nitrogen and oxygen atoms in total. The first-order chi connectivity index (χ1) is 6.18. The molecule has 0 spiro atoms. The van der Waals surface area contributed by atoms with E-state index >= 15 is 0 Å². The minimum atomic E-state index is -0.317. The summed E-state index contributed by atoms with van der Waals surface area (Å²) in [5.74, 6) is 0.591. The van der Waals surface area contributed by atoms with Crippen LogP contribution in [0.15, 0.2) is 0 Å². The highest BCUT2D eigenvalue weighted by atomic mass is 16.5. The fourth-order valence-corrected chi connectivity index (χ4v) is 1.45. The van der Waals surface area contributed by atoms with E-state index in [0.29, 0.717) is 19.1 Å². The normalized spacial score (nSPS) is 21.4. The van der Waals surface area contributed by atoms with Crippen molar-refractivity contribution in [3.63, 3.8) is 0 Å². The summed E-state index contributed by atoms with van der Waals surface area (Å²) in [6.45, 7) is 6.62. The fourth-order valence-electron chi connectivity index (χ4n) is 1.45. The van der Waals surface area contributed by atoms with E-state index in [-0.39, 0.29) is 5.54 Å². The second kappa shape index (κ2) is 4.59. The smallest absolute Gasteiger partial charge is 0.111 e. The summed E-state index contributed by atoms with van der Waals surface area (Å²) in [5, 5.41) is 12.4. The van der Waals surface area contributed by atoms with Crippen molar-refractivity contribution in [1.82, 2.24) is 5.32 Å². The van der Waals surface area contributed by atoms with Gasteiger partial charge >= 0.3 is 0 Å². The van der Waals surface area contributed by atoms with Gasteiger partial charge in [0.05, 0.1) is 6.07 Å². The van der Waals surface area contributed by atoms with Crippen molar-refractivity contribution in [2.24, 2.45) is 5.92 Å². The van der Waals surface area contributed by atoms with Gasteiger partial charge in [-0.1, -0.05) is 13.8 Å². The van der Waals surface area contributed by atoms with Crippen LogP contribution in [0.2, 0.25) is 0 Å². The molecule has 1 saturated heterocycles. The Morgan fingerprint density at radius 1 is 1.46 bits per heavy atom. The van der Waals surface area contributed by atoms with E-state index in [2.05, 4.69) is 25.2 Å². The Morgan fingerprint density at radius 2 is 2.08 bits per heavy atom. The van der Waals surface area contributed by atoms with Crippen molar-refractivity contribution in [2.75, 3.05) is 19.8 Å². The third-order valence-corrected chi connectivity index (χ3v) is 2.41. The van der Waals surface area contributed by atoms with E-state index in [1.807, 2.05) is 0 Å². The maximum absolute atomic E-state index is 9.09. The molecule has 1 N–H and O–H groups in total. The van der Waals surface area contributed by atoms with Crippen molar-refractivity contribution in [2.45, 2.75) is 32.2 Å². The molecule has 0 aromatic carbocycles. The van der Waals surface area contributed by atoms with E-state index in [9.17, 15) is 0 Å². The lowest BCUT2D eigenvalue weighted by molar-refractivity contribution is 0.0570. The van der Waals surface area contributed by atoms with Gasteiger partial charge in [-0.05, 0) is 12.5 Å². The van der Waals surface area contributed by atoms with Gasteiger partial charge < -0.3 is 4.74 Å². The van der Waals surface area contributed by atoms with Gasteiger partial charge in [-0.3, -0.25) is 5.32 Å². The molecule has 0 amide bonds. The van der Waals surface area contributed by atoms with E-state index < -0.39 is 0 Å². The first-order valence-corrected chi connectivity index (χ1v) is 4.92. The minimum Gasteiger partial charge on any atom is -0.381 e. The van der Waals surface area contributed by atoms with Crippen LogP contribution in [0.4, 0.5) is 0 Å². The zero-order chi connectivity index (χ0) is 9.73. The van der Waals surface area contributed by atoms with Crippen LogP contribution in [-0.4, -0.2) is 25.3 Å². The average Bonchev–Trinajstić information content (AvgIpc) is 2.16. The molecule has 0 bridgehead atoms. The lowest BCUT2D eigenvalue weighted by atomic mass is 9.91. The van der Waals surface area contributed by atoms with Crippen LogP contribution in [0.3, 0.4) is 0 Å². The molecule has 0 aromatic rings. The third kappa shape index (κ3) is 2.98. The highest BCUT2D eigenvalue weighted by Crippen LogP contribution is 2.19. The SMILES string of the molecule is CC(C)CNC1(C#N)CCOCC1. The molecular formula is C10H18N2O. The molecule has 1 rings (SSSR count). The predicted molar refractivity (Wildman–Crippen MR) is 51.2 cm³/mol. The van der Waals surface area contributed by atoms with Crippen molar-refractivity contribution < 1.29 is 4.74 Å². The largest absolute Gasteiger partial charge is 0.381 e. The maximum Gasteiger partial charge on any atom is 0.111 e. The van der Waals surface area contributed by atoms with Crippen LogP contribution >= 0.6 is 0 Å². The molecular weight excluding hydrogens is 164 g/mol. The number of nitrogens with zero attached hydrogens (tertiary/aromatic N) is 1. The van der Waals surface area contributed by atoms with Crippen molar-refractivity contribution in [3.8, 4) is 6.07 Å². The highest BCUT2D eigenvalue weighted by Gasteiger charge is 2.31. The van der Waals surface area contributed by atoms with Crippen LogP contribution < -0.4 is 5.32 Å². The fraction of sp³-hybridized carbons (Fsp3) is 0.900. The van der Waals surface area contributed by atoms with Gasteiger partial charge in [-0.25, -0.2) is 0 Å². The summed E-state index contributed by atoms with van der Waals surface area (Å²) in [6, 6.07) is 2.38. The Kier molecular flexibility index (Phi) is 3.71. The standard InChI is InChI=1S/C10H18N2O/c1-9(2)7-12-10(8-11)3-5-13-6-4-10/h9,12H,3-7H2,1-2H3. The molecule has 0 atom stereocenters. The number of ether oxygens (including phenoxy) is 1. The van der Waals surface area contributed by atoms with Gasteiger partial charge in [0.15, 0.2) is 0 Å². The van der Waals surface area contributed by atoms with Crippen molar-refractivity contribution in [3.05, 3.63) is 0 Å². The van der Waals surface area contributed by atoms with Crippen LogP contribution in [0.5, 0.6) is 0 Å². The summed E-state index contributed by atoms with van der Waals surface area (Å²) in [6.07, 6.45) is 1.63. The molecule has 0 radical (unpaired) electrons. The molecule has 13 heavy (non-hydrogen) atoms. The van der Waals surface area contributed by atoms with E-state index in [0.717, 1.165) is 19.4 Å². The maximum atomic E-state index is 9.09. The number of nitrogens with one attached hydrogen (secondary N) is 1. The lowest BCUT2D eigenvalue weighted by Gasteiger charge is -2.32. The Labute approximate surface area is 80.1 Å². The number of nitriles is 1. The Morgan fingerprint density at radius 3 is 2.54 bits per heavy atom. The van der Waals surface area contributed by atoms with E-state index in [1.54, 1.807) is 0 Å². The predicted octanol–water partition coefficient (Wildman–Crippen LogP) is 1.30. The molecule has 3 heteroatoms. The molecule has 74 valence electrons. The number of rotatable bonds is 3. The number of hydrogen-bond acceptors (Lipinski definition) is 3. The molecule has 1 aliphatic rings. The monoisotopic (exact) mass is 182 g/mol. The second-order valence-corrected chi connectivity index (χ2v) is 4.08. The molecule has 0 unspecified atom stereocenters. The summed E-state index contributed by atoms with van der Waals surface area (Å²) < 4.78 is 5.24. The molecule has 0 aliphatic carbocycles. The molecule has 0 saturated carbocycles. The summed E-state index contributed by atoms with van der Waals surface area (Å²) in [7, 11) is 0. The molecule has 0 aromatic heterocycles. The van der Waals surface area contributed by atoms with Gasteiger partial charge in [0, 0.05) is 26.1 Å². The zero-order valence-electron chi connectivity index (χ0n) is 8.47. The van der Waals surface area contributed by atoms with Gasteiger partial charge in [-0.2, -0.15) is 5.26 Å². The summed E-state index contributed by atoms with van der Waals surface area (Å²) in [5.41, 5.74) is -0.317. The second-order valence-electron chi connectivity index (χ2n) is 4.08. The molecule has 1 fully saturated rings. The van der Waals surface area contributed by atoms with E-state index in [4.69, 9.17) is 10.00 Å². The molecule has 1 heterocycles. The Bertz CT molecular complexity index is 190. The summed E-state index contributed by atoms with van der Waals surface area (Å²) in [4.78, 5) is 0. The summed E-state index contributed by atoms with van der Waals surface area (Å²) >= 11 is 0. The first kappa shape index (κ1) is 10.5. The highest BCUT2D eigenvalue weighted by molar-refractivity contribution is 5.08. The third-order valence-electron chi connectivity index (χ3n) is 2.41. The van der Waals surface area contributed by atoms with Gasteiger partial charge in [-0.15, -0.1) is 0 Å². The van der Waals surface area contributed by atoms with Crippen molar-refractivity contribution >= 4 is 0 Å². The van der Waals surface area contributed by atoms with E-state index in [1.165, 1.54) is 0 Å². The van der Waals surface area contributed by atoms with Crippen LogP contribution in [-0.2, 0) is 4.74 Å². The lowest BCUT2D eigenvalue weighted by Crippen LogP contribution is -2.49. The van der Waals surface area contributed by atoms with Gasteiger partial charge in [0.1, 0.15) is 5.54 Å². The van der Waals surface area contributed by atoms with Gasteiger partial charge in [0.2, 0.25) is 0 Å². The Hall–Kier alpha value is -0.590. The van der Waals surface area contributed by atoms with Crippen LogP contribution in [0, 0.1) is 17.2 Å². The quantitative estimate of drug-likeness (QED) is 0.715. The average molecular weight is 182 g/mol. The first-order valence-electron chi connectivity index (χ1n) is 4.92.